The number of alkyl halides is 1. The normalized spacial score (nSPS) is 29.9. The molecule has 0 radical (unpaired) electrons. The van der Waals surface area contributed by atoms with Crippen molar-refractivity contribution < 1.29 is 24.2 Å². The molecule has 1 aromatic carbocycles. The maximum Gasteiger partial charge on any atom is 0.250 e. The van der Waals surface area contributed by atoms with Crippen molar-refractivity contribution in [2.75, 3.05) is 26.7 Å². The molecule has 1 aromatic heterocycles. The summed E-state index contributed by atoms with van der Waals surface area (Å²) in [4.78, 5) is 46.4. The van der Waals surface area contributed by atoms with Gasteiger partial charge in [0.1, 0.15) is 23.8 Å². The van der Waals surface area contributed by atoms with Crippen molar-refractivity contribution >= 4 is 44.7 Å². The lowest BCUT2D eigenvalue weighted by Gasteiger charge is -2.38. The van der Waals surface area contributed by atoms with Crippen LogP contribution in [0, 0.1) is 11.8 Å². The van der Waals surface area contributed by atoms with E-state index >= 15 is 0 Å². The Labute approximate surface area is 235 Å². The molecule has 2 bridgehead atoms. The van der Waals surface area contributed by atoms with Crippen molar-refractivity contribution in [2.24, 2.45) is 11.8 Å². The molecule has 0 saturated carbocycles. The monoisotopic (exact) mass is 600 g/mol. The molecule has 7 atom stereocenters. The van der Waals surface area contributed by atoms with Gasteiger partial charge in [-0.2, -0.15) is 0 Å². The van der Waals surface area contributed by atoms with E-state index in [2.05, 4.69) is 39.4 Å². The van der Waals surface area contributed by atoms with E-state index in [0.717, 1.165) is 5.52 Å². The molecule has 5 rings (SSSR count). The van der Waals surface area contributed by atoms with E-state index in [1.807, 2.05) is 24.3 Å². The molecule has 2 aromatic rings. The SMILES string of the molecule is C=CCN(C)C(=O)[C@H]1[C@H]2C(=O)N([C@H](C)CO)C(C(=O)N(CC=C)Cn3nnc4ccccc43)C23CC(Br)[C@@H]1O3. The number of carbonyl (C=O) groups is 3. The number of hydrogen-bond acceptors (Lipinski definition) is 7. The van der Waals surface area contributed by atoms with Crippen LogP contribution < -0.4 is 0 Å². The lowest BCUT2D eigenvalue weighted by molar-refractivity contribution is -0.152. The van der Waals surface area contributed by atoms with Crippen molar-refractivity contribution in [3.8, 4) is 0 Å². The summed E-state index contributed by atoms with van der Waals surface area (Å²) in [7, 11) is 1.66. The second-order valence-electron chi connectivity index (χ2n) is 10.5. The van der Waals surface area contributed by atoms with Gasteiger partial charge in [-0.3, -0.25) is 14.4 Å². The quantitative estimate of drug-likeness (QED) is 0.321. The van der Waals surface area contributed by atoms with Crippen LogP contribution in [0.25, 0.3) is 11.0 Å². The number of hydrogen-bond donors (Lipinski definition) is 1. The largest absolute Gasteiger partial charge is 0.394 e. The van der Waals surface area contributed by atoms with Gasteiger partial charge in [0.25, 0.3) is 0 Å². The van der Waals surface area contributed by atoms with E-state index in [1.165, 1.54) is 9.80 Å². The average Bonchev–Trinajstić information content (AvgIpc) is 3.64. The van der Waals surface area contributed by atoms with E-state index in [1.54, 1.807) is 35.7 Å². The maximum atomic E-state index is 14.5. The molecule has 208 valence electrons. The molecule has 12 heteroatoms. The predicted molar refractivity (Wildman–Crippen MR) is 146 cm³/mol. The molecule has 11 nitrogen and oxygen atoms in total. The number of amides is 3. The lowest BCUT2D eigenvalue weighted by Crippen LogP contribution is -2.58. The average molecular weight is 602 g/mol. The fraction of sp³-hybridized carbons (Fsp3) is 0.519. The summed E-state index contributed by atoms with van der Waals surface area (Å²) in [5, 5.41) is 18.5. The summed E-state index contributed by atoms with van der Waals surface area (Å²) in [5.41, 5.74) is 0.224. The Morgan fingerprint density at radius 2 is 2.00 bits per heavy atom. The van der Waals surface area contributed by atoms with Gasteiger partial charge in [0, 0.05) is 25.0 Å². The van der Waals surface area contributed by atoms with E-state index in [-0.39, 0.29) is 42.4 Å². The number of aliphatic hydroxyl groups is 1. The van der Waals surface area contributed by atoms with Crippen molar-refractivity contribution in [1.82, 2.24) is 29.7 Å². The molecule has 4 heterocycles. The number of ether oxygens (including phenoxy) is 1. The Bertz CT molecular complexity index is 1320. The van der Waals surface area contributed by atoms with Crippen LogP contribution in [0.15, 0.2) is 49.6 Å². The zero-order valence-corrected chi connectivity index (χ0v) is 23.6. The second-order valence-corrected chi connectivity index (χ2v) is 11.7. The summed E-state index contributed by atoms with van der Waals surface area (Å²) in [6.45, 7) is 9.47. The highest BCUT2D eigenvalue weighted by Crippen LogP contribution is 2.60. The fourth-order valence-electron chi connectivity index (χ4n) is 6.46. The Kier molecular flexibility index (Phi) is 7.38. The molecule has 3 unspecified atom stereocenters. The summed E-state index contributed by atoms with van der Waals surface area (Å²) in [5.74, 6) is -2.56. The van der Waals surface area contributed by atoms with Crippen LogP contribution in [0.1, 0.15) is 13.3 Å². The number of carbonyl (C=O) groups excluding carboxylic acids is 3. The van der Waals surface area contributed by atoms with Crippen molar-refractivity contribution in [1.29, 1.82) is 0 Å². The number of aromatic nitrogens is 3. The molecular formula is C27H33BrN6O5. The van der Waals surface area contributed by atoms with Gasteiger partial charge in [-0.05, 0) is 25.5 Å². The van der Waals surface area contributed by atoms with Gasteiger partial charge < -0.3 is 24.5 Å². The Hall–Kier alpha value is -3.09. The minimum atomic E-state index is -1.23. The number of para-hydroxylation sites is 1. The molecular weight excluding hydrogens is 568 g/mol. The molecule has 39 heavy (non-hydrogen) atoms. The van der Waals surface area contributed by atoms with Crippen LogP contribution in [-0.4, -0.2) is 108 Å². The Morgan fingerprint density at radius 1 is 1.28 bits per heavy atom. The van der Waals surface area contributed by atoms with Crippen LogP contribution in [0.2, 0.25) is 0 Å². The van der Waals surface area contributed by atoms with Crippen LogP contribution in [0.5, 0.6) is 0 Å². The molecule has 3 saturated heterocycles. The summed E-state index contributed by atoms with van der Waals surface area (Å²) < 4.78 is 8.17. The number of benzene rings is 1. The second kappa shape index (κ2) is 10.5. The Balaban J connectivity index is 1.55. The van der Waals surface area contributed by atoms with Gasteiger partial charge in [-0.25, -0.2) is 4.68 Å². The Morgan fingerprint density at radius 3 is 2.69 bits per heavy atom. The molecule has 0 aliphatic carbocycles. The van der Waals surface area contributed by atoms with Crippen molar-refractivity contribution in [2.45, 2.75) is 48.6 Å². The topological polar surface area (TPSA) is 121 Å². The number of nitrogens with zero attached hydrogens (tertiary/aromatic N) is 6. The molecule has 3 aliphatic heterocycles. The minimum absolute atomic E-state index is 0.0732. The first-order chi connectivity index (χ1) is 18.7. The van der Waals surface area contributed by atoms with E-state index in [9.17, 15) is 19.5 Å². The van der Waals surface area contributed by atoms with Gasteiger partial charge in [-0.15, -0.1) is 18.3 Å². The molecule has 3 amide bonds. The van der Waals surface area contributed by atoms with E-state index in [4.69, 9.17) is 4.74 Å². The number of likely N-dealkylation sites (N-methyl/N-ethyl adjacent to an activating group) is 1. The minimum Gasteiger partial charge on any atom is -0.394 e. The third-order valence-corrected chi connectivity index (χ3v) is 9.00. The zero-order chi connectivity index (χ0) is 28.1. The highest BCUT2D eigenvalue weighted by Gasteiger charge is 2.77. The smallest absolute Gasteiger partial charge is 0.250 e. The standard InChI is InChI=1S/C27H33BrN6O5/c1-5-11-31(4)24(36)20-21-25(37)34(16(3)14-35)23(27(21)13-17(28)22(20)39-27)26(38)32(12-6-2)15-33-19-10-8-7-9-18(19)29-30-33/h5-10,16-17,20-23,35H,1-2,11-15H2,3-4H3/t16-,17?,20+,21+,22+,23?,27?/m1/s1. The first kappa shape index (κ1) is 27.5. The highest BCUT2D eigenvalue weighted by atomic mass is 79.9. The van der Waals surface area contributed by atoms with Gasteiger partial charge in [0.2, 0.25) is 17.7 Å². The summed E-state index contributed by atoms with van der Waals surface area (Å²) >= 11 is 3.68. The first-order valence-corrected chi connectivity index (χ1v) is 13.9. The van der Waals surface area contributed by atoms with Crippen molar-refractivity contribution in [3.05, 3.63) is 49.6 Å². The highest BCUT2D eigenvalue weighted by molar-refractivity contribution is 9.09. The number of halogens is 1. The number of rotatable bonds is 10. The lowest BCUT2D eigenvalue weighted by atomic mass is 9.70. The molecule has 1 spiro atoms. The van der Waals surface area contributed by atoms with Crippen LogP contribution in [0.3, 0.4) is 0 Å². The van der Waals surface area contributed by atoms with Gasteiger partial charge in [-0.1, -0.05) is 45.4 Å². The molecule has 3 fully saturated rings. The van der Waals surface area contributed by atoms with E-state index in [0.29, 0.717) is 18.5 Å². The van der Waals surface area contributed by atoms with E-state index < -0.39 is 35.6 Å². The number of aliphatic hydroxyl groups excluding tert-OH is 1. The fourth-order valence-corrected chi connectivity index (χ4v) is 7.40. The van der Waals surface area contributed by atoms with Crippen LogP contribution in [0.4, 0.5) is 0 Å². The summed E-state index contributed by atoms with van der Waals surface area (Å²) in [6, 6.07) is 5.73. The third kappa shape index (κ3) is 4.20. The number of fused-ring (bicyclic) bond motifs is 2. The predicted octanol–water partition coefficient (Wildman–Crippen LogP) is 1.18. The first-order valence-electron chi connectivity index (χ1n) is 13.0. The zero-order valence-electron chi connectivity index (χ0n) is 22.0. The van der Waals surface area contributed by atoms with Gasteiger partial charge in [0.05, 0.1) is 36.1 Å². The number of likely N-dealkylation sites (tertiary alicyclic amines) is 1. The maximum absolute atomic E-state index is 14.5. The van der Waals surface area contributed by atoms with Crippen molar-refractivity contribution in [3.63, 3.8) is 0 Å². The van der Waals surface area contributed by atoms with Crippen LogP contribution in [-0.2, 0) is 25.8 Å². The third-order valence-electron chi connectivity index (χ3n) is 8.15. The summed E-state index contributed by atoms with van der Waals surface area (Å²) in [6.07, 6.45) is 3.05. The van der Waals surface area contributed by atoms with Gasteiger partial charge in [0.15, 0.2) is 0 Å². The molecule has 3 aliphatic rings. The van der Waals surface area contributed by atoms with Gasteiger partial charge >= 0.3 is 0 Å². The van der Waals surface area contributed by atoms with Crippen LogP contribution >= 0.6 is 15.9 Å². The molecule has 1 N–H and O–H groups in total.